The summed E-state index contributed by atoms with van der Waals surface area (Å²) < 4.78 is 0. The van der Waals surface area contributed by atoms with E-state index in [4.69, 9.17) is 0 Å². The normalized spacial score (nSPS) is 13.3. The Hall–Kier alpha value is -2.79. The first-order valence-corrected chi connectivity index (χ1v) is 8.86. The predicted octanol–water partition coefficient (Wildman–Crippen LogP) is 3.43. The lowest BCUT2D eigenvalue weighted by Gasteiger charge is -2.18. The average molecular weight is 349 g/mol. The molecule has 2 aromatic heterocycles. The van der Waals surface area contributed by atoms with Gasteiger partial charge in [0.25, 0.3) is 5.91 Å². The molecule has 5 nitrogen and oxygen atoms in total. The van der Waals surface area contributed by atoms with Crippen LogP contribution in [0.4, 0.5) is 0 Å². The van der Waals surface area contributed by atoms with Gasteiger partial charge in [-0.25, -0.2) is 4.98 Å². The van der Waals surface area contributed by atoms with Gasteiger partial charge in [-0.3, -0.25) is 9.78 Å². The molecule has 0 spiro atoms. The van der Waals surface area contributed by atoms with Crippen LogP contribution < -0.4 is 5.32 Å². The van der Waals surface area contributed by atoms with E-state index in [2.05, 4.69) is 15.3 Å². The SMILES string of the molecule is CCC(C)C(O)CNC(=O)c1cc(-c2cccnc2)nc2ccccc12. The number of nitrogens with one attached hydrogen (secondary N) is 1. The second kappa shape index (κ2) is 8.06. The van der Waals surface area contributed by atoms with Crippen LogP contribution in [0.25, 0.3) is 22.2 Å². The molecule has 0 bridgehead atoms. The zero-order valence-corrected chi connectivity index (χ0v) is 15.0. The van der Waals surface area contributed by atoms with Gasteiger partial charge >= 0.3 is 0 Å². The number of aromatic nitrogens is 2. The van der Waals surface area contributed by atoms with E-state index in [9.17, 15) is 9.90 Å². The van der Waals surface area contributed by atoms with E-state index in [1.165, 1.54) is 0 Å². The topological polar surface area (TPSA) is 75.1 Å². The maximum atomic E-state index is 12.8. The van der Waals surface area contributed by atoms with Crippen LogP contribution in [0.2, 0.25) is 0 Å². The van der Waals surface area contributed by atoms with Gasteiger partial charge in [-0.15, -0.1) is 0 Å². The van der Waals surface area contributed by atoms with Crippen molar-refractivity contribution in [1.29, 1.82) is 0 Å². The van der Waals surface area contributed by atoms with Gasteiger partial charge in [0.1, 0.15) is 0 Å². The minimum absolute atomic E-state index is 0.135. The highest BCUT2D eigenvalue weighted by molar-refractivity contribution is 6.07. The van der Waals surface area contributed by atoms with Crippen LogP contribution >= 0.6 is 0 Å². The Morgan fingerprint density at radius 1 is 1.23 bits per heavy atom. The number of hydrogen-bond acceptors (Lipinski definition) is 4. The molecule has 0 aliphatic rings. The van der Waals surface area contributed by atoms with Crippen LogP contribution in [0.15, 0.2) is 54.9 Å². The highest BCUT2D eigenvalue weighted by Crippen LogP contribution is 2.24. The minimum atomic E-state index is -0.560. The van der Waals surface area contributed by atoms with E-state index in [0.29, 0.717) is 11.3 Å². The van der Waals surface area contributed by atoms with Gasteiger partial charge in [-0.05, 0) is 30.2 Å². The number of carbonyl (C=O) groups excluding carboxylic acids is 1. The van der Waals surface area contributed by atoms with Crippen molar-refractivity contribution in [3.05, 3.63) is 60.4 Å². The summed E-state index contributed by atoms with van der Waals surface area (Å²) in [6.45, 7) is 4.22. The molecule has 5 heteroatoms. The molecular weight excluding hydrogens is 326 g/mol. The van der Waals surface area contributed by atoms with Gasteiger partial charge in [0, 0.05) is 29.9 Å². The fourth-order valence-corrected chi connectivity index (χ4v) is 2.79. The number of benzene rings is 1. The van der Waals surface area contributed by atoms with Gasteiger partial charge < -0.3 is 10.4 Å². The summed E-state index contributed by atoms with van der Waals surface area (Å²) >= 11 is 0. The summed E-state index contributed by atoms with van der Waals surface area (Å²) in [7, 11) is 0. The first-order valence-electron chi connectivity index (χ1n) is 8.86. The lowest BCUT2D eigenvalue weighted by molar-refractivity contribution is 0.0851. The third kappa shape index (κ3) is 3.89. The largest absolute Gasteiger partial charge is 0.391 e. The average Bonchev–Trinajstić information content (AvgIpc) is 2.70. The molecule has 0 aliphatic carbocycles. The smallest absolute Gasteiger partial charge is 0.252 e. The molecule has 134 valence electrons. The van der Waals surface area contributed by atoms with E-state index >= 15 is 0 Å². The molecule has 2 atom stereocenters. The first kappa shape index (κ1) is 18.0. The molecule has 0 fully saturated rings. The van der Waals surface area contributed by atoms with Crippen LogP contribution in [0.5, 0.6) is 0 Å². The van der Waals surface area contributed by atoms with Crippen molar-refractivity contribution in [2.75, 3.05) is 6.54 Å². The van der Waals surface area contributed by atoms with Crippen LogP contribution in [0, 0.1) is 5.92 Å². The van der Waals surface area contributed by atoms with Crippen molar-refractivity contribution in [3.8, 4) is 11.3 Å². The Balaban J connectivity index is 1.95. The van der Waals surface area contributed by atoms with Crippen LogP contribution in [-0.4, -0.2) is 33.6 Å². The number of rotatable bonds is 6. The molecule has 0 aliphatic heterocycles. The van der Waals surface area contributed by atoms with Crippen molar-refractivity contribution >= 4 is 16.8 Å². The predicted molar refractivity (Wildman–Crippen MR) is 103 cm³/mol. The number of aliphatic hydroxyl groups is 1. The molecule has 2 heterocycles. The van der Waals surface area contributed by atoms with Gasteiger partial charge in [0.2, 0.25) is 0 Å². The Bertz CT molecular complexity index is 896. The van der Waals surface area contributed by atoms with E-state index in [0.717, 1.165) is 22.9 Å². The molecule has 2 unspecified atom stereocenters. The lowest BCUT2D eigenvalue weighted by atomic mass is 10.0. The van der Waals surface area contributed by atoms with Gasteiger partial charge in [-0.1, -0.05) is 38.5 Å². The van der Waals surface area contributed by atoms with E-state index in [-0.39, 0.29) is 18.4 Å². The van der Waals surface area contributed by atoms with Gasteiger partial charge in [0.05, 0.1) is 22.9 Å². The van der Waals surface area contributed by atoms with E-state index < -0.39 is 6.10 Å². The second-order valence-corrected chi connectivity index (χ2v) is 6.48. The summed E-state index contributed by atoms with van der Waals surface area (Å²) in [5.74, 6) is -0.0773. The standard InChI is InChI=1S/C21H23N3O2/c1-3-14(2)20(25)13-23-21(26)17-11-19(15-7-6-10-22-12-15)24-18-9-5-4-8-16(17)18/h4-12,14,20,25H,3,13H2,1-2H3,(H,23,26). The molecule has 3 rings (SSSR count). The number of carbonyl (C=O) groups is 1. The van der Waals surface area contributed by atoms with E-state index in [1.54, 1.807) is 18.5 Å². The van der Waals surface area contributed by atoms with Crippen LogP contribution in [0.1, 0.15) is 30.6 Å². The number of fused-ring (bicyclic) bond motifs is 1. The lowest BCUT2D eigenvalue weighted by Crippen LogP contribution is -2.35. The van der Waals surface area contributed by atoms with Gasteiger partial charge in [0.15, 0.2) is 0 Å². The first-order chi connectivity index (χ1) is 12.6. The number of pyridine rings is 2. The monoisotopic (exact) mass is 349 g/mol. The summed E-state index contributed by atoms with van der Waals surface area (Å²) in [6.07, 6.45) is 3.73. The van der Waals surface area contributed by atoms with Crippen LogP contribution in [0.3, 0.4) is 0 Å². The molecule has 0 saturated carbocycles. The molecule has 1 amide bonds. The molecule has 0 saturated heterocycles. The fourth-order valence-electron chi connectivity index (χ4n) is 2.79. The van der Waals surface area contributed by atoms with Crippen LogP contribution in [-0.2, 0) is 0 Å². The number of nitrogens with zero attached hydrogens (tertiary/aromatic N) is 2. The Morgan fingerprint density at radius 2 is 2.04 bits per heavy atom. The number of para-hydroxylation sites is 1. The maximum Gasteiger partial charge on any atom is 0.252 e. The number of amides is 1. The van der Waals surface area contributed by atoms with Crippen molar-refractivity contribution in [3.63, 3.8) is 0 Å². The molecule has 26 heavy (non-hydrogen) atoms. The number of aliphatic hydroxyl groups excluding tert-OH is 1. The quantitative estimate of drug-likeness (QED) is 0.715. The maximum absolute atomic E-state index is 12.8. The third-order valence-corrected chi connectivity index (χ3v) is 4.69. The fraction of sp³-hybridized carbons (Fsp3) is 0.286. The summed E-state index contributed by atoms with van der Waals surface area (Å²) in [5, 5.41) is 13.8. The second-order valence-electron chi connectivity index (χ2n) is 6.48. The highest BCUT2D eigenvalue weighted by atomic mass is 16.3. The van der Waals surface area contributed by atoms with Gasteiger partial charge in [-0.2, -0.15) is 0 Å². The Morgan fingerprint density at radius 3 is 2.77 bits per heavy atom. The summed E-state index contributed by atoms with van der Waals surface area (Å²) in [5.41, 5.74) is 2.85. The Labute approximate surface area is 153 Å². The Kier molecular flexibility index (Phi) is 5.58. The zero-order chi connectivity index (χ0) is 18.5. The third-order valence-electron chi connectivity index (χ3n) is 4.69. The molecule has 1 aromatic carbocycles. The molecule has 3 aromatic rings. The van der Waals surface area contributed by atoms with Crippen molar-refractivity contribution in [2.24, 2.45) is 5.92 Å². The molecular formula is C21H23N3O2. The summed E-state index contributed by atoms with van der Waals surface area (Å²) in [6, 6.07) is 13.1. The highest BCUT2D eigenvalue weighted by Gasteiger charge is 2.17. The van der Waals surface area contributed by atoms with Crippen molar-refractivity contribution < 1.29 is 9.90 Å². The van der Waals surface area contributed by atoms with Crippen molar-refractivity contribution in [1.82, 2.24) is 15.3 Å². The van der Waals surface area contributed by atoms with E-state index in [1.807, 2.05) is 50.2 Å². The molecule has 2 N–H and O–H groups in total. The molecule has 0 radical (unpaired) electrons. The summed E-state index contributed by atoms with van der Waals surface area (Å²) in [4.78, 5) is 21.6. The number of hydrogen-bond donors (Lipinski definition) is 2. The zero-order valence-electron chi connectivity index (χ0n) is 15.0. The van der Waals surface area contributed by atoms with Crippen molar-refractivity contribution in [2.45, 2.75) is 26.4 Å². The minimum Gasteiger partial charge on any atom is -0.391 e.